The van der Waals surface area contributed by atoms with Crippen LogP contribution in [0, 0.1) is 0 Å². The van der Waals surface area contributed by atoms with Gasteiger partial charge in [0.15, 0.2) is 0 Å². The third-order valence-electron chi connectivity index (χ3n) is 2.06. The van der Waals surface area contributed by atoms with Gasteiger partial charge in [-0.25, -0.2) is 4.79 Å². The topological polar surface area (TPSA) is 59.5 Å². The fourth-order valence-electron chi connectivity index (χ4n) is 1.27. The number of nitrogens with zero attached hydrogens (tertiary/aromatic N) is 2. The maximum Gasteiger partial charge on any atom is 0.340 e. The SMILES string of the molecule is CCOC(=O)c1cccnc1C(=O)/C=C/N(C)C. The van der Waals surface area contributed by atoms with E-state index in [-0.39, 0.29) is 23.6 Å². The lowest BCUT2D eigenvalue weighted by Crippen LogP contribution is -2.13. The van der Waals surface area contributed by atoms with Gasteiger partial charge in [-0.05, 0) is 19.1 Å². The minimum absolute atomic E-state index is 0.106. The highest BCUT2D eigenvalue weighted by atomic mass is 16.5. The lowest BCUT2D eigenvalue weighted by Gasteiger charge is -2.06. The predicted molar refractivity (Wildman–Crippen MR) is 67.4 cm³/mol. The number of allylic oxidation sites excluding steroid dienone is 1. The molecule has 5 heteroatoms. The number of ketones is 1. The van der Waals surface area contributed by atoms with Gasteiger partial charge in [0.05, 0.1) is 12.2 Å². The molecular weight excluding hydrogens is 232 g/mol. The first-order valence-corrected chi connectivity index (χ1v) is 5.57. The first-order chi connectivity index (χ1) is 8.56. The van der Waals surface area contributed by atoms with Crippen LogP contribution in [0.25, 0.3) is 0 Å². The van der Waals surface area contributed by atoms with Crippen molar-refractivity contribution >= 4 is 11.8 Å². The second kappa shape index (κ2) is 6.54. The van der Waals surface area contributed by atoms with Gasteiger partial charge in [-0.2, -0.15) is 0 Å². The lowest BCUT2D eigenvalue weighted by atomic mass is 10.1. The van der Waals surface area contributed by atoms with Gasteiger partial charge in [-0.15, -0.1) is 0 Å². The van der Waals surface area contributed by atoms with Crippen molar-refractivity contribution in [3.8, 4) is 0 Å². The Balaban J connectivity index is 3.02. The summed E-state index contributed by atoms with van der Waals surface area (Å²) < 4.78 is 4.88. The van der Waals surface area contributed by atoms with Gasteiger partial charge in [0.1, 0.15) is 5.69 Å². The van der Waals surface area contributed by atoms with Crippen LogP contribution in [-0.2, 0) is 4.74 Å². The van der Waals surface area contributed by atoms with Gasteiger partial charge in [-0.3, -0.25) is 9.78 Å². The second-order valence-corrected chi connectivity index (χ2v) is 3.76. The van der Waals surface area contributed by atoms with Crippen LogP contribution in [0.4, 0.5) is 0 Å². The fraction of sp³-hybridized carbons (Fsp3) is 0.308. The van der Waals surface area contributed by atoms with Crippen molar-refractivity contribution < 1.29 is 14.3 Å². The predicted octanol–water partition coefficient (Wildman–Crippen LogP) is 1.52. The summed E-state index contributed by atoms with van der Waals surface area (Å²) in [7, 11) is 3.60. The second-order valence-electron chi connectivity index (χ2n) is 3.76. The van der Waals surface area contributed by atoms with E-state index >= 15 is 0 Å². The van der Waals surface area contributed by atoms with Gasteiger partial charge < -0.3 is 9.64 Å². The number of aromatic nitrogens is 1. The molecular formula is C13H16N2O3. The van der Waals surface area contributed by atoms with Crippen LogP contribution in [0.15, 0.2) is 30.6 Å². The van der Waals surface area contributed by atoms with E-state index in [4.69, 9.17) is 4.74 Å². The van der Waals surface area contributed by atoms with Crippen LogP contribution in [0.3, 0.4) is 0 Å². The van der Waals surface area contributed by atoms with Crippen molar-refractivity contribution in [2.45, 2.75) is 6.92 Å². The number of carbonyl (C=O) groups excluding carboxylic acids is 2. The molecule has 0 atom stereocenters. The van der Waals surface area contributed by atoms with Crippen molar-refractivity contribution in [1.82, 2.24) is 9.88 Å². The Morgan fingerprint density at radius 1 is 1.44 bits per heavy atom. The van der Waals surface area contributed by atoms with Crippen LogP contribution in [0.2, 0.25) is 0 Å². The summed E-state index contributed by atoms with van der Waals surface area (Å²) in [4.78, 5) is 29.2. The van der Waals surface area contributed by atoms with Gasteiger partial charge >= 0.3 is 5.97 Å². The monoisotopic (exact) mass is 248 g/mol. The standard InChI is InChI=1S/C13H16N2O3/c1-4-18-13(17)10-6-5-8-14-12(10)11(16)7-9-15(2)3/h5-9H,4H2,1-3H3/b9-7+. The number of rotatable bonds is 5. The largest absolute Gasteiger partial charge is 0.462 e. The molecule has 0 bridgehead atoms. The molecule has 0 fully saturated rings. The number of hydrogen-bond acceptors (Lipinski definition) is 5. The highest BCUT2D eigenvalue weighted by Gasteiger charge is 2.17. The summed E-state index contributed by atoms with van der Waals surface area (Å²) in [5.74, 6) is -0.862. The molecule has 1 aromatic heterocycles. The summed E-state index contributed by atoms with van der Waals surface area (Å²) in [6, 6.07) is 3.13. The average Bonchev–Trinajstić information content (AvgIpc) is 2.36. The molecule has 0 aliphatic heterocycles. The molecule has 18 heavy (non-hydrogen) atoms. The molecule has 5 nitrogen and oxygen atoms in total. The number of esters is 1. The van der Waals surface area contributed by atoms with Crippen LogP contribution in [0.1, 0.15) is 27.8 Å². The van der Waals surface area contributed by atoms with E-state index < -0.39 is 5.97 Å². The summed E-state index contributed by atoms with van der Waals surface area (Å²) in [6.45, 7) is 1.97. The molecule has 96 valence electrons. The highest BCUT2D eigenvalue weighted by Crippen LogP contribution is 2.09. The molecule has 0 spiro atoms. The Labute approximate surface area is 106 Å². The van der Waals surface area contributed by atoms with E-state index in [1.165, 1.54) is 18.3 Å². The molecule has 0 saturated carbocycles. The first kappa shape index (κ1) is 13.9. The molecule has 1 rings (SSSR count). The van der Waals surface area contributed by atoms with Crippen LogP contribution >= 0.6 is 0 Å². The van der Waals surface area contributed by atoms with Crippen molar-refractivity contribution in [2.24, 2.45) is 0 Å². The molecule has 0 saturated heterocycles. The molecule has 0 aliphatic rings. The van der Waals surface area contributed by atoms with E-state index in [0.717, 1.165) is 0 Å². The van der Waals surface area contributed by atoms with E-state index in [2.05, 4.69) is 4.98 Å². The molecule has 0 unspecified atom stereocenters. The maximum atomic E-state index is 11.9. The summed E-state index contributed by atoms with van der Waals surface area (Å²) >= 11 is 0. The van der Waals surface area contributed by atoms with Gasteiger partial charge in [0.25, 0.3) is 0 Å². The molecule has 0 aromatic carbocycles. The minimum atomic E-state index is -0.535. The highest BCUT2D eigenvalue weighted by molar-refractivity contribution is 6.09. The molecule has 0 amide bonds. The van der Waals surface area contributed by atoms with E-state index in [9.17, 15) is 9.59 Å². The molecule has 0 radical (unpaired) electrons. The summed E-state index contributed by atoms with van der Waals surface area (Å²) in [6.07, 6.45) is 4.44. The first-order valence-electron chi connectivity index (χ1n) is 5.57. The Morgan fingerprint density at radius 2 is 2.17 bits per heavy atom. The zero-order valence-corrected chi connectivity index (χ0v) is 10.7. The summed E-state index contributed by atoms with van der Waals surface area (Å²) in [5, 5.41) is 0. The van der Waals surface area contributed by atoms with Crippen LogP contribution < -0.4 is 0 Å². The van der Waals surface area contributed by atoms with Gasteiger partial charge in [0, 0.05) is 32.6 Å². The van der Waals surface area contributed by atoms with Gasteiger partial charge in [-0.1, -0.05) is 0 Å². The normalized spacial score (nSPS) is 10.4. The Hall–Kier alpha value is -2.17. The quantitative estimate of drug-likeness (QED) is 0.449. The van der Waals surface area contributed by atoms with Crippen molar-refractivity contribution in [2.75, 3.05) is 20.7 Å². The number of pyridine rings is 1. The zero-order chi connectivity index (χ0) is 13.5. The Morgan fingerprint density at radius 3 is 2.78 bits per heavy atom. The molecule has 0 aliphatic carbocycles. The Kier molecular flexibility index (Phi) is 5.05. The molecule has 1 heterocycles. The number of carbonyl (C=O) groups is 2. The van der Waals surface area contributed by atoms with E-state index in [0.29, 0.717) is 0 Å². The number of hydrogen-bond donors (Lipinski definition) is 0. The maximum absolute atomic E-state index is 11.9. The summed E-state index contributed by atoms with van der Waals surface area (Å²) in [5.41, 5.74) is 0.293. The van der Waals surface area contributed by atoms with Crippen molar-refractivity contribution in [1.29, 1.82) is 0 Å². The van der Waals surface area contributed by atoms with Gasteiger partial charge in [0.2, 0.25) is 5.78 Å². The van der Waals surface area contributed by atoms with Crippen molar-refractivity contribution in [3.05, 3.63) is 41.9 Å². The third kappa shape index (κ3) is 3.69. The minimum Gasteiger partial charge on any atom is -0.462 e. The van der Waals surface area contributed by atoms with E-state index in [1.54, 1.807) is 38.2 Å². The smallest absolute Gasteiger partial charge is 0.340 e. The lowest BCUT2D eigenvalue weighted by molar-refractivity contribution is 0.0523. The fourth-order valence-corrected chi connectivity index (χ4v) is 1.27. The average molecular weight is 248 g/mol. The van der Waals surface area contributed by atoms with E-state index in [1.807, 2.05) is 0 Å². The number of ether oxygens (including phenoxy) is 1. The molecule has 1 aromatic rings. The van der Waals surface area contributed by atoms with Crippen molar-refractivity contribution in [3.63, 3.8) is 0 Å². The van der Waals surface area contributed by atoms with Crippen LogP contribution in [0.5, 0.6) is 0 Å². The third-order valence-corrected chi connectivity index (χ3v) is 2.06. The molecule has 0 N–H and O–H groups in total. The zero-order valence-electron chi connectivity index (χ0n) is 10.7. The Bertz CT molecular complexity index is 467. The van der Waals surface area contributed by atoms with Crippen LogP contribution in [-0.4, -0.2) is 42.3 Å².